The van der Waals surface area contributed by atoms with Crippen LogP contribution in [0.25, 0.3) is 33.4 Å². The summed E-state index contributed by atoms with van der Waals surface area (Å²) >= 11 is 3.30. The number of hydrogen-bond acceptors (Lipinski definition) is 6. The zero-order valence-electron chi connectivity index (χ0n) is 13.3. The summed E-state index contributed by atoms with van der Waals surface area (Å²) in [5, 5.41) is 9.41. The van der Waals surface area contributed by atoms with Crippen molar-refractivity contribution >= 4 is 22.7 Å². The Morgan fingerprint density at radius 1 is 1.08 bits per heavy atom. The van der Waals surface area contributed by atoms with E-state index < -0.39 is 0 Å². The number of rotatable bonds is 4. The van der Waals surface area contributed by atoms with E-state index in [9.17, 15) is 0 Å². The van der Waals surface area contributed by atoms with Crippen LogP contribution < -0.4 is 0 Å². The SMILES string of the molecule is CCc1nc(-c2cccc(-c3noc(-c4sccc4C)n3)c2)cs1. The van der Waals surface area contributed by atoms with Gasteiger partial charge in [0.2, 0.25) is 5.82 Å². The van der Waals surface area contributed by atoms with Gasteiger partial charge in [-0.05, 0) is 36.4 Å². The molecule has 0 spiro atoms. The number of thiazole rings is 1. The van der Waals surface area contributed by atoms with Gasteiger partial charge < -0.3 is 4.52 Å². The maximum atomic E-state index is 5.45. The molecule has 0 unspecified atom stereocenters. The second-order valence-electron chi connectivity index (χ2n) is 5.42. The van der Waals surface area contributed by atoms with E-state index in [1.165, 1.54) is 0 Å². The first kappa shape index (κ1) is 15.2. The molecule has 4 rings (SSSR count). The van der Waals surface area contributed by atoms with E-state index in [1.54, 1.807) is 22.7 Å². The fourth-order valence-corrected chi connectivity index (χ4v) is 4.05. The zero-order valence-corrected chi connectivity index (χ0v) is 14.9. The second-order valence-corrected chi connectivity index (χ2v) is 7.28. The predicted octanol–water partition coefficient (Wildman–Crippen LogP) is 5.46. The summed E-state index contributed by atoms with van der Waals surface area (Å²) in [6.45, 7) is 4.16. The molecule has 3 heterocycles. The number of aryl methyl sites for hydroxylation is 2. The van der Waals surface area contributed by atoms with Crippen LogP contribution in [-0.2, 0) is 6.42 Å². The highest BCUT2D eigenvalue weighted by molar-refractivity contribution is 7.13. The molecule has 0 aliphatic heterocycles. The summed E-state index contributed by atoms with van der Waals surface area (Å²) in [6, 6.07) is 10.2. The Labute approximate surface area is 147 Å². The Bertz CT molecular complexity index is 984. The highest BCUT2D eigenvalue weighted by Crippen LogP contribution is 2.30. The Balaban J connectivity index is 1.69. The summed E-state index contributed by atoms with van der Waals surface area (Å²) in [5.41, 5.74) is 4.15. The minimum atomic E-state index is 0.574. The van der Waals surface area contributed by atoms with E-state index in [-0.39, 0.29) is 0 Å². The number of aromatic nitrogens is 3. The number of hydrogen-bond donors (Lipinski definition) is 0. The summed E-state index contributed by atoms with van der Waals surface area (Å²) < 4.78 is 5.45. The molecule has 120 valence electrons. The minimum Gasteiger partial charge on any atom is -0.333 e. The maximum absolute atomic E-state index is 5.45. The molecule has 6 heteroatoms. The van der Waals surface area contributed by atoms with Crippen LogP contribution in [0.5, 0.6) is 0 Å². The third kappa shape index (κ3) is 2.79. The normalized spacial score (nSPS) is 11.1. The van der Waals surface area contributed by atoms with Gasteiger partial charge in [-0.1, -0.05) is 30.3 Å². The summed E-state index contributed by atoms with van der Waals surface area (Å²) in [5.74, 6) is 1.18. The lowest BCUT2D eigenvalue weighted by molar-refractivity contribution is 0.433. The van der Waals surface area contributed by atoms with Gasteiger partial charge in [0.1, 0.15) is 0 Å². The van der Waals surface area contributed by atoms with Crippen molar-refractivity contribution in [3.05, 3.63) is 51.7 Å². The fraction of sp³-hybridized carbons (Fsp3) is 0.167. The highest BCUT2D eigenvalue weighted by atomic mass is 32.1. The first-order valence-corrected chi connectivity index (χ1v) is 9.44. The summed E-state index contributed by atoms with van der Waals surface area (Å²) in [4.78, 5) is 10.2. The molecule has 0 N–H and O–H groups in total. The minimum absolute atomic E-state index is 0.574. The summed E-state index contributed by atoms with van der Waals surface area (Å²) in [7, 11) is 0. The monoisotopic (exact) mass is 353 g/mol. The van der Waals surface area contributed by atoms with Crippen LogP contribution in [0.1, 0.15) is 17.5 Å². The van der Waals surface area contributed by atoms with Gasteiger partial charge in [-0.15, -0.1) is 22.7 Å². The zero-order chi connectivity index (χ0) is 16.5. The van der Waals surface area contributed by atoms with Gasteiger partial charge in [0, 0.05) is 16.5 Å². The molecular formula is C18H15N3OS2. The molecule has 1 aromatic carbocycles. The molecule has 0 aliphatic rings. The van der Waals surface area contributed by atoms with Crippen molar-refractivity contribution in [2.24, 2.45) is 0 Å². The quantitative estimate of drug-likeness (QED) is 0.489. The molecule has 0 saturated carbocycles. The molecule has 4 nitrogen and oxygen atoms in total. The van der Waals surface area contributed by atoms with E-state index in [1.807, 2.05) is 24.4 Å². The van der Waals surface area contributed by atoms with Gasteiger partial charge in [-0.3, -0.25) is 0 Å². The average Bonchev–Trinajstić information content (AvgIpc) is 3.35. The molecule has 0 saturated heterocycles. The molecule has 24 heavy (non-hydrogen) atoms. The Hall–Kier alpha value is -2.31. The third-order valence-corrected chi connectivity index (χ3v) is 5.75. The smallest absolute Gasteiger partial charge is 0.268 e. The van der Waals surface area contributed by atoms with Crippen LogP contribution in [0.3, 0.4) is 0 Å². The third-order valence-electron chi connectivity index (χ3n) is 3.75. The van der Waals surface area contributed by atoms with Gasteiger partial charge >= 0.3 is 0 Å². The van der Waals surface area contributed by atoms with E-state index in [4.69, 9.17) is 4.52 Å². The van der Waals surface area contributed by atoms with Crippen molar-refractivity contribution in [1.82, 2.24) is 15.1 Å². The first-order valence-electron chi connectivity index (χ1n) is 7.68. The maximum Gasteiger partial charge on any atom is 0.268 e. The van der Waals surface area contributed by atoms with Crippen molar-refractivity contribution in [1.29, 1.82) is 0 Å². The largest absolute Gasteiger partial charge is 0.333 e. The number of benzene rings is 1. The van der Waals surface area contributed by atoms with Crippen LogP contribution in [0.4, 0.5) is 0 Å². The average molecular weight is 353 g/mol. The topological polar surface area (TPSA) is 51.8 Å². The molecule has 0 aliphatic carbocycles. The van der Waals surface area contributed by atoms with Crippen molar-refractivity contribution in [2.75, 3.05) is 0 Å². The number of thiophene rings is 1. The molecule has 0 bridgehead atoms. The summed E-state index contributed by atoms with van der Waals surface area (Å²) in [6.07, 6.45) is 0.957. The van der Waals surface area contributed by atoms with Crippen LogP contribution in [0, 0.1) is 6.92 Å². The first-order chi connectivity index (χ1) is 11.7. The second kappa shape index (κ2) is 6.30. The lowest BCUT2D eigenvalue weighted by atomic mass is 10.1. The van der Waals surface area contributed by atoms with Crippen molar-refractivity contribution in [3.63, 3.8) is 0 Å². The van der Waals surface area contributed by atoms with Gasteiger partial charge in [0.25, 0.3) is 5.89 Å². The molecule has 4 aromatic rings. The lowest BCUT2D eigenvalue weighted by Gasteiger charge is -1.99. The van der Waals surface area contributed by atoms with Gasteiger partial charge in [-0.2, -0.15) is 4.98 Å². The van der Waals surface area contributed by atoms with Gasteiger partial charge in [0.15, 0.2) is 0 Å². The highest BCUT2D eigenvalue weighted by Gasteiger charge is 2.14. The standard InChI is InChI=1S/C18H15N3OS2/c1-3-15-19-14(10-24-15)12-5-4-6-13(9-12)17-20-18(22-21-17)16-11(2)7-8-23-16/h4-10H,3H2,1-2H3. The fourth-order valence-electron chi connectivity index (χ4n) is 2.45. The predicted molar refractivity (Wildman–Crippen MR) is 98.3 cm³/mol. The van der Waals surface area contributed by atoms with Gasteiger partial charge in [-0.25, -0.2) is 4.98 Å². The van der Waals surface area contributed by atoms with E-state index in [0.29, 0.717) is 11.7 Å². The Morgan fingerprint density at radius 3 is 2.71 bits per heavy atom. The number of nitrogens with zero attached hydrogens (tertiary/aromatic N) is 3. The molecule has 0 radical (unpaired) electrons. The van der Waals surface area contributed by atoms with Gasteiger partial charge in [0.05, 0.1) is 15.6 Å². The molecule has 0 amide bonds. The van der Waals surface area contributed by atoms with Crippen LogP contribution in [0.2, 0.25) is 0 Å². The van der Waals surface area contributed by atoms with Crippen LogP contribution in [0.15, 0.2) is 45.6 Å². The molecule has 3 aromatic heterocycles. The van der Waals surface area contributed by atoms with Crippen molar-refractivity contribution < 1.29 is 4.52 Å². The van der Waals surface area contributed by atoms with Crippen molar-refractivity contribution in [2.45, 2.75) is 20.3 Å². The Kier molecular flexibility index (Phi) is 4.00. The molecule has 0 atom stereocenters. The van der Waals surface area contributed by atoms with Crippen molar-refractivity contribution in [3.8, 4) is 33.4 Å². The Morgan fingerprint density at radius 2 is 1.96 bits per heavy atom. The van der Waals surface area contributed by atoms with E-state index in [2.05, 4.69) is 45.6 Å². The van der Waals surface area contributed by atoms with E-state index >= 15 is 0 Å². The van der Waals surface area contributed by atoms with Crippen LogP contribution >= 0.6 is 22.7 Å². The molecule has 0 fully saturated rings. The van der Waals surface area contributed by atoms with Crippen LogP contribution in [-0.4, -0.2) is 15.1 Å². The molecular weight excluding hydrogens is 338 g/mol. The lowest BCUT2D eigenvalue weighted by Crippen LogP contribution is -1.84. The van der Waals surface area contributed by atoms with E-state index in [0.717, 1.165) is 38.7 Å².